The van der Waals surface area contributed by atoms with Gasteiger partial charge in [-0.1, -0.05) is 74.2 Å². The molecule has 2 aromatic carbocycles. The quantitative estimate of drug-likeness (QED) is 0.335. The molecule has 32 heavy (non-hydrogen) atoms. The van der Waals surface area contributed by atoms with Crippen LogP contribution in [0.1, 0.15) is 18.1 Å². The van der Waals surface area contributed by atoms with Gasteiger partial charge in [0.2, 0.25) is 0 Å². The Morgan fingerprint density at radius 1 is 0.938 bits per heavy atom. The van der Waals surface area contributed by atoms with Gasteiger partial charge in [-0.05, 0) is 24.1 Å². The largest absolute Gasteiger partial charge is 0.385 e. The predicted octanol–water partition coefficient (Wildman–Crippen LogP) is 3.13. The summed E-state index contributed by atoms with van der Waals surface area (Å²) >= 11 is 0. The van der Waals surface area contributed by atoms with Crippen molar-refractivity contribution in [1.29, 1.82) is 0 Å². The zero-order valence-electron chi connectivity index (χ0n) is 19.3. The summed E-state index contributed by atoms with van der Waals surface area (Å²) in [6, 6.07) is 21.1. The van der Waals surface area contributed by atoms with E-state index in [2.05, 4.69) is 94.1 Å². The van der Waals surface area contributed by atoms with Crippen molar-refractivity contribution >= 4 is 6.21 Å². The van der Waals surface area contributed by atoms with E-state index < -0.39 is 0 Å². The van der Waals surface area contributed by atoms with Gasteiger partial charge in [-0.3, -0.25) is 10.3 Å². The number of nitrogens with one attached hydrogen (secondary N) is 3. The smallest absolute Gasteiger partial charge is 0.0882 e. The van der Waals surface area contributed by atoms with Crippen LogP contribution in [0.15, 0.2) is 89.4 Å². The van der Waals surface area contributed by atoms with Gasteiger partial charge in [0.15, 0.2) is 0 Å². The van der Waals surface area contributed by atoms with Crippen LogP contribution in [0.25, 0.3) is 0 Å². The zero-order valence-corrected chi connectivity index (χ0v) is 19.3. The molecule has 3 rings (SSSR count). The van der Waals surface area contributed by atoms with E-state index in [1.54, 1.807) is 0 Å². The maximum Gasteiger partial charge on any atom is 0.0882 e. The minimum atomic E-state index is 0.722. The molecule has 6 nitrogen and oxygen atoms in total. The molecule has 0 aromatic heterocycles. The molecule has 0 aliphatic carbocycles. The first kappa shape index (κ1) is 23.6. The summed E-state index contributed by atoms with van der Waals surface area (Å²) in [6.07, 6.45) is 2.82. The Kier molecular flexibility index (Phi) is 9.35. The van der Waals surface area contributed by atoms with Crippen LogP contribution in [0, 0.1) is 0 Å². The number of allylic oxidation sites excluding steroid dienone is 1. The van der Waals surface area contributed by atoms with Crippen LogP contribution in [-0.4, -0.2) is 56.0 Å². The Bertz CT molecular complexity index is 891. The van der Waals surface area contributed by atoms with Crippen LogP contribution in [0.2, 0.25) is 0 Å². The zero-order chi connectivity index (χ0) is 22.6. The van der Waals surface area contributed by atoms with Crippen molar-refractivity contribution in [2.75, 3.05) is 39.9 Å². The van der Waals surface area contributed by atoms with Crippen LogP contribution in [-0.2, 0) is 13.0 Å². The predicted molar refractivity (Wildman–Crippen MR) is 134 cm³/mol. The Balaban J connectivity index is 1.76. The van der Waals surface area contributed by atoms with Crippen molar-refractivity contribution in [3.63, 3.8) is 0 Å². The number of nitrogens with zero attached hydrogens (tertiary/aromatic N) is 3. The third-order valence-corrected chi connectivity index (χ3v) is 5.45. The van der Waals surface area contributed by atoms with Gasteiger partial charge in [0.25, 0.3) is 0 Å². The van der Waals surface area contributed by atoms with Gasteiger partial charge in [0.05, 0.1) is 30.0 Å². The third-order valence-electron chi connectivity index (χ3n) is 5.45. The topological polar surface area (TPSA) is 54.9 Å². The van der Waals surface area contributed by atoms with Crippen molar-refractivity contribution in [3.05, 3.63) is 95.5 Å². The van der Waals surface area contributed by atoms with Gasteiger partial charge in [0, 0.05) is 33.2 Å². The fourth-order valence-corrected chi connectivity index (χ4v) is 3.73. The monoisotopic (exact) mass is 432 g/mol. The Morgan fingerprint density at radius 3 is 2.25 bits per heavy atom. The molecule has 3 N–H and O–H groups in total. The van der Waals surface area contributed by atoms with Gasteiger partial charge in [0.1, 0.15) is 0 Å². The van der Waals surface area contributed by atoms with Crippen LogP contribution >= 0.6 is 0 Å². The lowest BCUT2D eigenvalue weighted by Gasteiger charge is -2.36. The fourth-order valence-electron chi connectivity index (χ4n) is 3.73. The second kappa shape index (κ2) is 12.7. The highest BCUT2D eigenvalue weighted by molar-refractivity contribution is 5.81. The van der Waals surface area contributed by atoms with E-state index in [1.807, 2.05) is 24.3 Å². The first-order valence-electron chi connectivity index (χ1n) is 11.4. The number of benzene rings is 2. The summed E-state index contributed by atoms with van der Waals surface area (Å²) in [6.45, 7) is 11.7. The van der Waals surface area contributed by atoms with Crippen LogP contribution in [0.4, 0.5) is 0 Å². The number of hydrogen-bond donors (Lipinski definition) is 3. The van der Waals surface area contributed by atoms with Gasteiger partial charge in [-0.15, -0.1) is 0 Å². The van der Waals surface area contributed by atoms with Gasteiger partial charge in [-0.2, -0.15) is 5.10 Å². The van der Waals surface area contributed by atoms with E-state index >= 15 is 0 Å². The highest BCUT2D eigenvalue weighted by Gasteiger charge is 2.24. The SMILES string of the molecule is C=C1C(N(CNCCNCC)Cc2ccccc2)=C(NC)C=NN1CCc1ccccc1. The highest BCUT2D eigenvalue weighted by atomic mass is 15.5. The van der Waals surface area contributed by atoms with Crippen molar-refractivity contribution < 1.29 is 0 Å². The molecular weight excluding hydrogens is 396 g/mol. The normalized spacial score (nSPS) is 13.6. The van der Waals surface area contributed by atoms with E-state index in [-0.39, 0.29) is 0 Å². The maximum atomic E-state index is 4.67. The van der Waals surface area contributed by atoms with E-state index in [4.69, 9.17) is 0 Å². The van der Waals surface area contributed by atoms with Crippen LogP contribution in [0.5, 0.6) is 0 Å². The number of hydrogen-bond acceptors (Lipinski definition) is 6. The van der Waals surface area contributed by atoms with E-state index in [0.29, 0.717) is 0 Å². The Labute approximate surface area is 192 Å². The minimum Gasteiger partial charge on any atom is -0.385 e. The number of hydrazone groups is 1. The molecule has 0 saturated heterocycles. The summed E-state index contributed by atoms with van der Waals surface area (Å²) in [5, 5.41) is 16.9. The molecule has 2 aromatic rings. The molecule has 1 aliphatic rings. The van der Waals surface area contributed by atoms with Crippen molar-refractivity contribution in [2.45, 2.75) is 19.9 Å². The van der Waals surface area contributed by atoms with Crippen molar-refractivity contribution in [2.24, 2.45) is 5.10 Å². The molecule has 6 heteroatoms. The molecule has 0 fully saturated rings. The van der Waals surface area contributed by atoms with Gasteiger partial charge < -0.3 is 15.5 Å². The lowest BCUT2D eigenvalue weighted by molar-refractivity contribution is 0.274. The summed E-state index contributed by atoms with van der Waals surface area (Å²) in [5.41, 5.74) is 5.53. The van der Waals surface area contributed by atoms with E-state index in [9.17, 15) is 0 Å². The standard InChI is InChI=1S/C26H36N6/c1-4-28-16-17-29-21-31(20-24-13-9-6-10-14-24)26-22(2)32(30-19-25(26)27-3)18-15-23-11-7-5-8-12-23/h5-14,19,27-29H,2,4,15-18,20-21H2,1,3H3. The average Bonchev–Trinajstić information content (AvgIpc) is 2.83. The van der Waals surface area contributed by atoms with Gasteiger partial charge in [-0.25, -0.2) is 0 Å². The molecule has 1 heterocycles. The summed E-state index contributed by atoms with van der Waals surface area (Å²) in [5.74, 6) is 0. The Hall–Kier alpha value is -3.09. The molecule has 0 atom stereocenters. The highest BCUT2D eigenvalue weighted by Crippen LogP contribution is 2.26. The summed E-state index contributed by atoms with van der Waals surface area (Å²) < 4.78 is 0. The second-order valence-electron chi connectivity index (χ2n) is 7.76. The van der Waals surface area contributed by atoms with Crippen molar-refractivity contribution in [1.82, 2.24) is 25.9 Å². The molecule has 0 saturated carbocycles. The van der Waals surface area contributed by atoms with Crippen LogP contribution < -0.4 is 16.0 Å². The van der Waals surface area contributed by atoms with Crippen LogP contribution in [0.3, 0.4) is 0 Å². The molecule has 0 unspecified atom stereocenters. The lowest BCUT2D eigenvalue weighted by Crippen LogP contribution is -2.41. The van der Waals surface area contributed by atoms with E-state index in [0.717, 1.165) is 62.9 Å². The number of rotatable bonds is 13. The maximum absolute atomic E-state index is 4.67. The molecular formula is C26H36N6. The minimum absolute atomic E-state index is 0.722. The second-order valence-corrected chi connectivity index (χ2v) is 7.76. The third kappa shape index (κ3) is 6.70. The first-order valence-corrected chi connectivity index (χ1v) is 11.4. The summed E-state index contributed by atoms with van der Waals surface area (Å²) in [4.78, 5) is 2.34. The number of likely N-dealkylation sites (N-methyl/N-ethyl adjacent to an activating group) is 1. The van der Waals surface area contributed by atoms with Crippen molar-refractivity contribution in [3.8, 4) is 0 Å². The lowest BCUT2D eigenvalue weighted by atomic mass is 10.1. The van der Waals surface area contributed by atoms with E-state index in [1.165, 1.54) is 11.1 Å². The molecule has 0 spiro atoms. The molecule has 0 amide bonds. The first-order chi connectivity index (χ1) is 15.7. The fraction of sp³-hybridized carbons (Fsp3) is 0.346. The molecule has 0 bridgehead atoms. The van der Waals surface area contributed by atoms with Gasteiger partial charge >= 0.3 is 0 Å². The summed E-state index contributed by atoms with van der Waals surface area (Å²) in [7, 11) is 1.94. The molecule has 170 valence electrons. The molecule has 0 radical (unpaired) electrons. The average molecular weight is 433 g/mol. The Morgan fingerprint density at radius 2 is 1.59 bits per heavy atom. The molecule has 1 aliphatic heterocycles.